The van der Waals surface area contributed by atoms with Crippen LogP contribution >= 0.6 is 23.8 Å². The monoisotopic (exact) mass is 469 g/mol. The number of fused-ring (bicyclic) bond motifs is 1. The summed E-state index contributed by atoms with van der Waals surface area (Å²) in [4.78, 5) is 4.50. The minimum absolute atomic E-state index is 0.0938. The number of thiocarbonyl (C=S) groups is 1. The molecule has 2 atom stereocenters. The summed E-state index contributed by atoms with van der Waals surface area (Å²) in [5.41, 5.74) is -1.75. The molecule has 1 fully saturated rings. The van der Waals surface area contributed by atoms with Crippen LogP contribution in [0.1, 0.15) is 50.1 Å². The van der Waals surface area contributed by atoms with Gasteiger partial charge in [-0.3, -0.25) is 4.98 Å². The molecule has 4 rings (SSSR count). The van der Waals surface area contributed by atoms with E-state index in [1.807, 2.05) is 6.07 Å². The normalized spacial score (nSPS) is 26.7. The molecule has 31 heavy (non-hydrogen) atoms. The van der Waals surface area contributed by atoms with E-state index < -0.39 is 22.9 Å². The Morgan fingerprint density at radius 1 is 1.26 bits per heavy atom. The third-order valence-corrected chi connectivity index (χ3v) is 6.61. The molecule has 0 amide bonds. The summed E-state index contributed by atoms with van der Waals surface area (Å²) >= 11 is 11.2. The van der Waals surface area contributed by atoms with Gasteiger partial charge in [-0.2, -0.15) is 0 Å². The van der Waals surface area contributed by atoms with Gasteiger partial charge in [0.15, 0.2) is 0 Å². The summed E-state index contributed by atoms with van der Waals surface area (Å²) in [6.07, 6.45) is 3.15. The number of benzene rings is 1. The number of nitrogens with one attached hydrogen (secondary N) is 2. The van der Waals surface area contributed by atoms with Crippen LogP contribution in [-0.4, -0.2) is 28.1 Å². The zero-order valence-corrected chi connectivity index (χ0v) is 18.9. The zero-order valence-electron chi connectivity index (χ0n) is 17.4. The van der Waals surface area contributed by atoms with Gasteiger partial charge in [0, 0.05) is 17.4 Å². The number of rotatable bonds is 3. The summed E-state index contributed by atoms with van der Waals surface area (Å²) in [5.74, 6) is -4.23. The molecule has 0 bridgehead atoms. The van der Waals surface area contributed by atoms with Crippen LogP contribution in [0.3, 0.4) is 0 Å². The largest absolute Gasteiger partial charge is 0.377 e. The van der Waals surface area contributed by atoms with Crippen molar-refractivity contribution in [2.24, 2.45) is 0 Å². The van der Waals surface area contributed by atoms with Crippen LogP contribution < -0.4 is 10.6 Å². The van der Waals surface area contributed by atoms with Crippen molar-refractivity contribution in [3.63, 3.8) is 0 Å². The highest BCUT2D eigenvalue weighted by Crippen LogP contribution is 2.48. The number of hydrogen-bond donors (Lipinski definition) is 2. The molecule has 166 valence electrons. The molecule has 0 spiro atoms. The number of alkyl halides is 2. The maximum Gasteiger partial charge on any atom is 0.302 e. The number of nitrogens with zero attached hydrogens (tertiary/aromatic N) is 1. The predicted octanol–water partition coefficient (Wildman–Crippen LogP) is 5.55. The number of ether oxygens (including phenoxy) is 1. The van der Waals surface area contributed by atoms with Gasteiger partial charge in [-0.05, 0) is 63.4 Å². The Hall–Kier alpha value is -1.90. The fraction of sp³-hybridized carbons (Fsp3) is 0.455. The van der Waals surface area contributed by atoms with Crippen molar-refractivity contribution in [1.82, 2.24) is 10.3 Å². The molecular weight excluding hydrogens is 447 g/mol. The smallest absolute Gasteiger partial charge is 0.302 e. The molecule has 9 heteroatoms. The van der Waals surface area contributed by atoms with E-state index in [-0.39, 0.29) is 23.2 Å². The molecule has 1 aliphatic carbocycles. The second kappa shape index (κ2) is 7.60. The minimum Gasteiger partial charge on any atom is -0.377 e. The van der Waals surface area contributed by atoms with Crippen molar-refractivity contribution in [3.8, 4) is 0 Å². The van der Waals surface area contributed by atoms with Gasteiger partial charge in [-0.15, -0.1) is 0 Å². The lowest BCUT2D eigenvalue weighted by molar-refractivity contribution is -0.216. The zero-order chi connectivity index (χ0) is 22.6. The van der Waals surface area contributed by atoms with Crippen LogP contribution in [0.15, 0.2) is 30.5 Å². The maximum absolute atomic E-state index is 15.6. The Bertz CT molecular complexity index is 1050. The van der Waals surface area contributed by atoms with Crippen molar-refractivity contribution < 1.29 is 17.9 Å². The summed E-state index contributed by atoms with van der Waals surface area (Å²) in [5, 5.41) is 6.54. The average molecular weight is 470 g/mol. The van der Waals surface area contributed by atoms with E-state index >= 15 is 8.78 Å². The molecule has 0 radical (unpaired) electrons. The highest BCUT2D eigenvalue weighted by atomic mass is 35.5. The summed E-state index contributed by atoms with van der Waals surface area (Å²) < 4.78 is 51.6. The Morgan fingerprint density at radius 2 is 2.00 bits per heavy atom. The molecular formula is C22H23ClF3N3OS. The van der Waals surface area contributed by atoms with Crippen molar-refractivity contribution in [3.05, 3.63) is 58.1 Å². The molecule has 1 aromatic heterocycles. The van der Waals surface area contributed by atoms with Crippen LogP contribution in [0.4, 0.5) is 18.9 Å². The van der Waals surface area contributed by atoms with E-state index in [9.17, 15) is 4.39 Å². The topological polar surface area (TPSA) is 46.2 Å². The Morgan fingerprint density at radius 3 is 2.74 bits per heavy atom. The van der Waals surface area contributed by atoms with Gasteiger partial charge in [-0.25, -0.2) is 13.2 Å². The summed E-state index contributed by atoms with van der Waals surface area (Å²) in [6, 6.07) is 5.89. The Labute approximate surface area is 189 Å². The fourth-order valence-electron chi connectivity index (χ4n) is 4.35. The molecule has 2 heterocycles. The average Bonchev–Trinajstić information content (AvgIpc) is 3.06. The first kappa shape index (κ1) is 22.3. The number of aromatic nitrogens is 1. The van der Waals surface area contributed by atoms with E-state index in [4.69, 9.17) is 28.6 Å². The molecule has 0 saturated carbocycles. The number of aryl methyl sites for hydroxylation is 1. The molecule has 1 aliphatic heterocycles. The van der Waals surface area contributed by atoms with E-state index in [0.717, 1.165) is 24.1 Å². The third-order valence-electron chi connectivity index (χ3n) is 6.18. The highest BCUT2D eigenvalue weighted by molar-refractivity contribution is 7.80. The van der Waals surface area contributed by atoms with E-state index in [1.165, 1.54) is 39.0 Å². The quantitative estimate of drug-likeness (QED) is 0.577. The first-order valence-electron chi connectivity index (χ1n) is 9.98. The molecule has 1 saturated heterocycles. The molecule has 2 aromatic rings. The lowest BCUT2D eigenvalue weighted by Crippen LogP contribution is -2.62. The minimum atomic E-state index is -3.47. The molecule has 4 nitrogen and oxygen atoms in total. The number of halogens is 4. The van der Waals surface area contributed by atoms with Gasteiger partial charge in [0.1, 0.15) is 21.9 Å². The van der Waals surface area contributed by atoms with Crippen molar-refractivity contribution in [2.75, 3.05) is 11.9 Å². The number of anilines is 1. The van der Waals surface area contributed by atoms with Gasteiger partial charge < -0.3 is 15.4 Å². The second-order valence-electron chi connectivity index (χ2n) is 8.67. The second-order valence-corrected chi connectivity index (χ2v) is 9.60. The summed E-state index contributed by atoms with van der Waals surface area (Å²) in [6.45, 7) is 3.66. The third kappa shape index (κ3) is 3.68. The number of pyridine rings is 1. The first-order valence-corrected chi connectivity index (χ1v) is 10.8. The van der Waals surface area contributed by atoms with Gasteiger partial charge in [0.05, 0.1) is 23.4 Å². The van der Waals surface area contributed by atoms with E-state index in [1.54, 1.807) is 6.20 Å². The van der Waals surface area contributed by atoms with Crippen LogP contribution in [0, 0.1) is 5.82 Å². The SMILES string of the molecule is CC1(C)OCC(=S)N[C@](C)(c2cc(NC3CCc4cc(Cl)cnc43)ccc2F)C1(F)F. The van der Waals surface area contributed by atoms with Crippen molar-refractivity contribution in [2.45, 2.75) is 56.7 Å². The van der Waals surface area contributed by atoms with Gasteiger partial charge in [0.25, 0.3) is 0 Å². The molecule has 2 N–H and O–H groups in total. The standard InChI is InChI=1S/C22H23ClF3N3OS/c1-20(2)22(25,26)21(3,29-18(31)11-30-20)15-9-14(5-6-16(15)24)28-17-7-4-12-8-13(23)10-27-19(12)17/h5-6,8-10,17,28H,4,7,11H2,1-3H3,(H,29,31)/t17?,21-/m1/s1. The van der Waals surface area contributed by atoms with Crippen LogP contribution in [-0.2, 0) is 16.7 Å². The van der Waals surface area contributed by atoms with E-state index in [0.29, 0.717) is 10.7 Å². The van der Waals surface area contributed by atoms with E-state index in [2.05, 4.69) is 15.6 Å². The van der Waals surface area contributed by atoms with Crippen LogP contribution in [0.25, 0.3) is 0 Å². The lowest BCUT2D eigenvalue weighted by atomic mass is 9.77. The Kier molecular flexibility index (Phi) is 5.47. The van der Waals surface area contributed by atoms with Crippen LogP contribution in [0.5, 0.6) is 0 Å². The molecule has 1 aromatic carbocycles. The number of hydrogen-bond acceptors (Lipinski definition) is 4. The maximum atomic E-state index is 15.6. The molecule has 2 aliphatic rings. The molecule has 1 unspecified atom stereocenters. The van der Waals surface area contributed by atoms with Crippen LogP contribution in [0.2, 0.25) is 5.02 Å². The van der Waals surface area contributed by atoms with Crippen molar-refractivity contribution in [1.29, 1.82) is 0 Å². The van der Waals surface area contributed by atoms with Gasteiger partial charge in [-0.1, -0.05) is 23.8 Å². The summed E-state index contributed by atoms with van der Waals surface area (Å²) in [7, 11) is 0. The van der Waals surface area contributed by atoms with Crippen molar-refractivity contribution >= 4 is 34.5 Å². The Balaban J connectivity index is 1.72. The van der Waals surface area contributed by atoms with Gasteiger partial charge in [0.2, 0.25) is 0 Å². The lowest BCUT2D eigenvalue weighted by Gasteiger charge is -2.44. The highest BCUT2D eigenvalue weighted by Gasteiger charge is 2.64. The van der Waals surface area contributed by atoms with Gasteiger partial charge >= 0.3 is 5.92 Å². The fourth-order valence-corrected chi connectivity index (χ4v) is 4.79. The first-order chi connectivity index (χ1) is 14.4. The predicted molar refractivity (Wildman–Crippen MR) is 118 cm³/mol.